The number of ether oxygens (including phenoxy) is 1. The monoisotopic (exact) mass is 334 g/mol. The number of hydrogen-bond donors (Lipinski definition) is 2. The van der Waals surface area contributed by atoms with Crippen LogP contribution in [-0.4, -0.2) is 43.7 Å². The molecule has 0 bridgehead atoms. The van der Waals surface area contributed by atoms with Crippen LogP contribution in [0.15, 0.2) is 0 Å². The van der Waals surface area contributed by atoms with E-state index in [0.717, 1.165) is 0 Å². The van der Waals surface area contributed by atoms with Gasteiger partial charge >= 0.3 is 6.09 Å². The van der Waals surface area contributed by atoms with Crippen molar-refractivity contribution < 1.29 is 17.9 Å². The van der Waals surface area contributed by atoms with E-state index in [1.165, 1.54) is 0 Å². The molecule has 3 N–H and O–H groups in total. The highest BCUT2D eigenvalue weighted by atomic mass is 32.2. The summed E-state index contributed by atoms with van der Waals surface area (Å²) in [5, 5.41) is 2.74. The summed E-state index contributed by atoms with van der Waals surface area (Å²) in [6.45, 7) is 11.4. The Bertz CT molecular complexity index is 522. The highest BCUT2D eigenvalue weighted by molar-refractivity contribution is 7.93. The molecule has 2 atom stereocenters. The second kappa shape index (κ2) is 6.00. The van der Waals surface area contributed by atoms with Gasteiger partial charge in [-0.05, 0) is 53.5 Å². The average Bonchev–Trinajstić information content (AvgIpc) is 2.55. The minimum atomic E-state index is -3.13. The van der Waals surface area contributed by atoms with Crippen LogP contribution in [-0.2, 0) is 14.6 Å². The van der Waals surface area contributed by atoms with Gasteiger partial charge in [-0.1, -0.05) is 6.92 Å². The van der Waals surface area contributed by atoms with E-state index in [9.17, 15) is 13.2 Å². The Labute approximate surface area is 134 Å². The Balaban J connectivity index is 2.84. The quantitative estimate of drug-likeness (QED) is 0.815. The smallest absolute Gasteiger partial charge is 0.407 e. The third kappa shape index (κ3) is 3.93. The number of rotatable bonds is 4. The number of nitrogens with one attached hydrogen (secondary N) is 1. The number of nitrogens with two attached hydrogens (primary N) is 1. The summed E-state index contributed by atoms with van der Waals surface area (Å²) in [6.07, 6.45) is 0.0600. The van der Waals surface area contributed by atoms with E-state index in [4.69, 9.17) is 10.5 Å². The van der Waals surface area contributed by atoms with Crippen molar-refractivity contribution in [1.82, 2.24) is 5.32 Å². The zero-order chi connectivity index (χ0) is 17.4. The van der Waals surface area contributed by atoms with Crippen molar-refractivity contribution in [3.8, 4) is 0 Å². The fourth-order valence-corrected chi connectivity index (χ4v) is 5.12. The molecule has 1 rings (SSSR count). The van der Waals surface area contributed by atoms with E-state index in [1.54, 1.807) is 34.6 Å². The summed E-state index contributed by atoms with van der Waals surface area (Å²) < 4.78 is 28.8. The van der Waals surface area contributed by atoms with Crippen LogP contribution in [0, 0.1) is 11.3 Å². The first-order valence-electron chi connectivity index (χ1n) is 7.64. The van der Waals surface area contributed by atoms with Crippen LogP contribution >= 0.6 is 0 Å². The number of alkyl carbamates (subject to hydrolysis) is 1. The lowest BCUT2D eigenvalue weighted by atomic mass is 9.70. The molecule has 1 amide bonds. The molecule has 22 heavy (non-hydrogen) atoms. The largest absolute Gasteiger partial charge is 0.444 e. The summed E-state index contributed by atoms with van der Waals surface area (Å²) in [7, 11) is -3.13. The van der Waals surface area contributed by atoms with Crippen LogP contribution in [0.2, 0.25) is 0 Å². The van der Waals surface area contributed by atoms with Gasteiger partial charge < -0.3 is 15.8 Å². The van der Waals surface area contributed by atoms with Crippen LogP contribution in [0.4, 0.5) is 4.79 Å². The van der Waals surface area contributed by atoms with Crippen LogP contribution < -0.4 is 11.1 Å². The van der Waals surface area contributed by atoms with E-state index >= 15 is 0 Å². The highest BCUT2D eigenvalue weighted by Crippen LogP contribution is 2.46. The van der Waals surface area contributed by atoms with Crippen LogP contribution in [0.1, 0.15) is 48.0 Å². The maximum absolute atomic E-state index is 12.2. The first-order chi connectivity index (χ1) is 9.75. The molecule has 0 saturated carbocycles. The number of carbonyl (C=O) groups excluding carboxylic acids is 1. The van der Waals surface area contributed by atoms with E-state index in [2.05, 4.69) is 5.32 Å². The predicted octanol–water partition coefficient (Wildman–Crippen LogP) is 1.69. The van der Waals surface area contributed by atoms with Crippen LogP contribution in [0.3, 0.4) is 0 Å². The molecule has 1 heterocycles. The normalized spacial score (nSPS) is 26.2. The Morgan fingerprint density at radius 1 is 1.32 bits per heavy atom. The van der Waals surface area contributed by atoms with Gasteiger partial charge in [-0.25, -0.2) is 13.2 Å². The molecule has 1 aliphatic heterocycles. The highest BCUT2D eigenvalue weighted by Gasteiger charge is 2.54. The first-order valence-corrected chi connectivity index (χ1v) is 9.30. The molecule has 0 radical (unpaired) electrons. The molecule has 6 nitrogen and oxygen atoms in total. The van der Waals surface area contributed by atoms with Crippen molar-refractivity contribution in [3.63, 3.8) is 0 Å². The lowest BCUT2D eigenvalue weighted by Crippen LogP contribution is -2.52. The van der Waals surface area contributed by atoms with Crippen molar-refractivity contribution in [2.75, 3.05) is 18.8 Å². The van der Waals surface area contributed by atoms with Gasteiger partial charge in [0.15, 0.2) is 9.84 Å². The van der Waals surface area contributed by atoms with E-state index in [0.29, 0.717) is 19.5 Å². The molecule has 2 unspecified atom stereocenters. The van der Waals surface area contributed by atoms with Crippen molar-refractivity contribution in [2.45, 2.75) is 58.3 Å². The molecule has 0 aromatic heterocycles. The molecule has 0 aromatic carbocycles. The fraction of sp³-hybridized carbons (Fsp3) is 0.933. The zero-order valence-electron chi connectivity index (χ0n) is 14.5. The molecule has 0 aromatic rings. The minimum absolute atomic E-state index is 0.107. The third-order valence-corrected chi connectivity index (χ3v) is 7.32. The van der Waals surface area contributed by atoms with Gasteiger partial charge in [0, 0.05) is 12.0 Å². The van der Waals surface area contributed by atoms with Crippen molar-refractivity contribution in [2.24, 2.45) is 17.1 Å². The van der Waals surface area contributed by atoms with Gasteiger partial charge in [0.05, 0.1) is 10.5 Å². The van der Waals surface area contributed by atoms with Gasteiger partial charge in [-0.15, -0.1) is 0 Å². The summed E-state index contributed by atoms with van der Waals surface area (Å²) >= 11 is 0. The van der Waals surface area contributed by atoms with E-state index in [1.807, 2.05) is 6.92 Å². The number of carbonyl (C=O) groups is 1. The van der Waals surface area contributed by atoms with Crippen LogP contribution in [0.25, 0.3) is 0 Å². The Morgan fingerprint density at radius 2 is 1.86 bits per heavy atom. The maximum Gasteiger partial charge on any atom is 0.407 e. The lowest BCUT2D eigenvalue weighted by molar-refractivity contribution is 0.0476. The molecule has 1 fully saturated rings. The summed E-state index contributed by atoms with van der Waals surface area (Å²) in [5.74, 6) is 0.0668. The van der Waals surface area contributed by atoms with Gasteiger partial charge in [0.25, 0.3) is 0 Å². The van der Waals surface area contributed by atoms with Gasteiger partial charge in [0.1, 0.15) is 5.60 Å². The van der Waals surface area contributed by atoms with Crippen molar-refractivity contribution in [1.29, 1.82) is 0 Å². The van der Waals surface area contributed by atoms with Gasteiger partial charge in [0.2, 0.25) is 0 Å². The van der Waals surface area contributed by atoms with Crippen LogP contribution in [0.5, 0.6) is 0 Å². The third-order valence-electron chi connectivity index (χ3n) is 4.66. The Morgan fingerprint density at radius 3 is 2.23 bits per heavy atom. The number of amides is 1. The number of hydrogen-bond acceptors (Lipinski definition) is 5. The van der Waals surface area contributed by atoms with E-state index < -0.39 is 31.7 Å². The second-order valence-electron chi connectivity index (χ2n) is 7.98. The standard InChI is InChI=1S/C15H30N2O4S/c1-13(2,3)21-12(18)17-10-15(6,9-16)11-7-8-22(19,20)14(11,4)5/h11H,7-10,16H2,1-6H3,(H,17,18). The molecular formula is C15H30N2O4S. The average molecular weight is 334 g/mol. The van der Waals surface area contributed by atoms with E-state index in [-0.39, 0.29) is 11.7 Å². The summed E-state index contributed by atoms with van der Waals surface area (Å²) in [6, 6.07) is 0. The van der Waals surface area contributed by atoms with Crippen molar-refractivity contribution in [3.05, 3.63) is 0 Å². The Hall–Kier alpha value is -0.820. The predicted molar refractivity (Wildman–Crippen MR) is 87.4 cm³/mol. The summed E-state index contributed by atoms with van der Waals surface area (Å²) in [5.41, 5.74) is 4.86. The molecule has 0 spiro atoms. The van der Waals surface area contributed by atoms with Gasteiger partial charge in [-0.2, -0.15) is 0 Å². The molecule has 1 aliphatic rings. The second-order valence-corrected chi connectivity index (χ2v) is 10.7. The molecule has 7 heteroatoms. The molecular weight excluding hydrogens is 304 g/mol. The van der Waals surface area contributed by atoms with Gasteiger partial charge in [-0.3, -0.25) is 0 Å². The SMILES string of the molecule is CC(C)(C)OC(=O)NCC(C)(CN)C1CCS(=O)(=O)C1(C)C. The maximum atomic E-state index is 12.2. The summed E-state index contributed by atoms with van der Waals surface area (Å²) in [4.78, 5) is 11.8. The minimum Gasteiger partial charge on any atom is -0.444 e. The Kier molecular flexibility index (Phi) is 5.24. The molecule has 0 aliphatic carbocycles. The zero-order valence-corrected chi connectivity index (χ0v) is 15.3. The lowest BCUT2D eigenvalue weighted by Gasteiger charge is -2.41. The molecule has 130 valence electrons. The topological polar surface area (TPSA) is 98.5 Å². The first kappa shape index (κ1) is 19.2. The molecule has 1 saturated heterocycles. The fourth-order valence-electron chi connectivity index (χ4n) is 3.21. The van der Waals surface area contributed by atoms with Crippen molar-refractivity contribution >= 4 is 15.9 Å². The number of sulfone groups is 1.